The van der Waals surface area contributed by atoms with Crippen LogP contribution in [-0.2, 0) is 0 Å². The molecule has 130 valence electrons. The molecule has 2 amide bonds. The number of hydrogen-bond donors (Lipinski definition) is 1. The second-order valence-electron chi connectivity index (χ2n) is 6.19. The van der Waals surface area contributed by atoms with Crippen LogP contribution in [0.25, 0.3) is 6.08 Å². The van der Waals surface area contributed by atoms with Gasteiger partial charge in [-0.15, -0.1) is 0 Å². The van der Waals surface area contributed by atoms with E-state index in [0.29, 0.717) is 23.8 Å². The zero-order valence-electron chi connectivity index (χ0n) is 13.9. The molecular formula is C19H19ClFN3O. The predicted molar refractivity (Wildman–Crippen MR) is 98.0 cm³/mol. The van der Waals surface area contributed by atoms with E-state index in [1.165, 1.54) is 17.7 Å². The summed E-state index contributed by atoms with van der Waals surface area (Å²) < 4.78 is 13.5. The Morgan fingerprint density at radius 1 is 1.44 bits per heavy atom. The van der Waals surface area contributed by atoms with E-state index in [4.69, 9.17) is 11.6 Å². The van der Waals surface area contributed by atoms with Crippen LogP contribution in [0.1, 0.15) is 18.9 Å². The van der Waals surface area contributed by atoms with Gasteiger partial charge in [-0.3, -0.25) is 4.98 Å². The average molecular weight is 360 g/mol. The zero-order chi connectivity index (χ0) is 17.8. The van der Waals surface area contributed by atoms with Crippen molar-refractivity contribution < 1.29 is 9.18 Å². The van der Waals surface area contributed by atoms with E-state index in [1.54, 1.807) is 35.5 Å². The van der Waals surface area contributed by atoms with Gasteiger partial charge >= 0.3 is 6.03 Å². The molecule has 0 radical (unpaired) electrons. The van der Waals surface area contributed by atoms with Gasteiger partial charge in [-0.2, -0.15) is 0 Å². The van der Waals surface area contributed by atoms with E-state index >= 15 is 0 Å². The lowest BCUT2D eigenvalue weighted by Crippen LogP contribution is -2.42. The highest BCUT2D eigenvalue weighted by Crippen LogP contribution is 2.26. The molecule has 1 aliphatic heterocycles. The first-order valence-corrected chi connectivity index (χ1v) is 8.51. The fourth-order valence-electron chi connectivity index (χ4n) is 2.96. The minimum atomic E-state index is -0.347. The third-order valence-electron chi connectivity index (χ3n) is 4.23. The Hall–Kier alpha value is -2.40. The summed E-state index contributed by atoms with van der Waals surface area (Å²) in [4.78, 5) is 18.1. The Morgan fingerprint density at radius 2 is 2.28 bits per heavy atom. The summed E-state index contributed by atoms with van der Waals surface area (Å²) >= 11 is 5.91. The lowest BCUT2D eigenvalue weighted by atomic mass is 9.91. The van der Waals surface area contributed by atoms with Crippen LogP contribution >= 0.6 is 11.6 Å². The van der Waals surface area contributed by atoms with Crippen LogP contribution in [0.4, 0.5) is 14.9 Å². The number of pyridine rings is 1. The van der Waals surface area contributed by atoms with E-state index in [9.17, 15) is 9.18 Å². The molecular weight excluding hydrogens is 341 g/mol. The van der Waals surface area contributed by atoms with Crippen LogP contribution in [0, 0.1) is 11.7 Å². The highest BCUT2D eigenvalue weighted by molar-refractivity contribution is 6.30. The first kappa shape index (κ1) is 17.4. The molecule has 1 N–H and O–H groups in total. The van der Waals surface area contributed by atoms with Gasteiger partial charge in [0.25, 0.3) is 0 Å². The molecule has 0 spiro atoms. The SMILES string of the molecule is CC1CN(C(=O)Nc2cccnc2)CC/C1=C\c1cc(F)cc(Cl)c1. The van der Waals surface area contributed by atoms with Crippen LogP contribution in [0.3, 0.4) is 0 Å². The maximum atomic E-state index is 13.5. The highest BCUT2D eigenvalue weighted by Gasteiger charge is 2.24. The average Bonchev–Trinajstić information content (AvgIpc) is 2.56. The number of anilines is 1. The maximum absolute atomic E-state index is 13.5. The molecule has 1 aromatic heterocycles. The molecule has 0 bridgehead atoms. The van der Waals surface area contributed by atoms with Crippen LogP contribution in [0.5, 0.6) is 0 Å². The lowest BCUT2D eigenvalue weighted by Gasteiger charge is -2.33. The van der Waals surface area contributed by atoms with Crippen LogP contribution in [0.15, 0.2) is 48.3 Å². The number of rotatable bonds is 2. The molecule has 6 heteroatoms. The number of hydrogen-bond acceptors (Lipinski definition) is 2. The van der Waals surface area contributed by atoms with Gasteiger partial charge in [-0.25, -0.2) is 9.18 Å². The monoisotopic (exact) mass is 359 g/mol. The summed E-state index contributed by atoms with van der Waals surface area (Å²) in [7, 11) is 0. The van der Waals surface area contributed by atoms with Crippen molar-refractivity contribution in [1.29, 1.82) is 0 Å². The smallest absolute Gasteiger partial charge is 0.321 e. The summed E-state index contributed by atoms with van der Waals surface area (Å²) in [5, 5.41) is 3.23. The second kappa shape index (κ2) is 7.66. The fourth-order valence-corrected chi connectivity index (χ4v) is 3.19. The Kier molecular flexibility index (Phi) is 5.34. The number of benzene rings is 1. The summed E-state index contributed by atoms with van der Waals surface area (Å²) in [6.07, 6.45) is 5.99. The molecule has 1 aliphatic rings. The minimum Gasteiger partial charge on any atom is -0.324 e. The molecule has 0 aliphatic carbocycles. The van der Waals surface area contributed by atoms with Crippen molar-refractivity contribution in [2.75, 3.05) is 18.4 Å². The predicted octanol–water partition coefficient (Wildman–Crippen LogP) is 4.83. The lowest BCUT2D eigenvalue weighted by molar-refractivity contribution is 0.198. The third kappa shape index (κ3) is 4.57. The van der Waals surface area contributed by atoms with E-state index in [-0.39, 0.29) is 17.8 Å². The number of piperidine rings is 1. The van der Waals surface area contributed by atoms with E-state index in [1.807, 2.05) is 6.08 Å². The first-order chi connectivity index (χ1) is 12.0. The number of nitrogens with one attached hydrogen (secondary N) is 1. The standard InChI is InChI=1S/C19H19ClFN3O/c1-13-12-24(19(25)23-18-3-2-5-22-11-18)6-4-15(13)7-14-8-16(20)10-17(21)9-14/h2-3,5,7-11,13H,4,6,12H2,1H3,(H,23,25)/b15-7+. The fraction of sp³-hybridized carbons (Fsp3) is 0.263. The summed E-state index contributed by atoms with van der Waals surface area (Å²) in [5.74, 6) is -0.157. The Bertz CT molecular complexity index is 774. The molecule has 3 rings (SSSR count). The van der Waals surface area contributed by atoms with Crippen molar-refractivity contribution >= 4 is 29.4 Å². The van der Waals surface area contributed by atoms with Gasteiger partial charge in [-0.1, -0.05) is 30.2 Å². The molecule has 25 heavy (non-hydrogen) atoms. The van der Waals surface area contributed by atoms with Gasteiger partial charge in [0.05, 0.1) is 11.9 Å². The van der Waals surface area contributed by atoms with Crippen molar-refractivity contribution in [2.24, 2.45) is 5.92 Å². The number of carbonyl (C=O) groups excluding carboxylic acids is 1. The van der Waals surface area contributed by atoms with E-state index in [0.717, 1.165) is 12.0 Å². The van der Waals surface area contributed by atoms with Crippen molar-refractivity contribution in [2.45, 2.75) is 13.3 Å². The van der Waals surface area contributed by atoms with Crippen molar-refractivity contribution in [3.05, 3.63) is 64.7 Å². The van der Waals surface area contributed by atoms with Crippen LogP contribution < -0.4 is 5.32 Å². The normalized spacial score (nSPS) is 19.1. The number of likely N-dealkylation sites (tertiary alicyclic amines) is 1. The highest BCUT2D eigenvalue weighted by atomic mass is 35.5. The Balaban J connectivity index is 1.66. The van der Waals surface area contributed by atoms with Gasteiger partial charge in [0.2, 0.25) is 0 Å². The number of carbonyl (C=O) groups is 1. The van der Waals surface area contributed by atoms with E-state index in [2.05, 4.69) is 17.2 Å². The molecule has 1 unspecified atom stereocenters. The molecule has 1 aromatic carbocycles. The van der Waals surface area contributed by atoms with Crippen molar-refractivity contribution in [3.63, 3.8) is 0 Å². The number of aromatic nitrogens is 1. The Labute approximate surface area is 151 Å². The molecule has 2 aromatic rings. The van der Waals surface area contributed by atoms with Gasteiger partial charge in [0, 0.05) is 24.3 Å². The Morgan fingerprint density at radius 3 is 2.96 bits per heavy atom. The third-order valence-corrected chi connectivity index (χ3v) is 4.45. The molecule has 1 atom stereocenters. The molecule has 4 nitrogen and oxygen atoms in total. The maximum Gasteiger partial charge on any atom is 0.321 e. The van der Waals surface area contributed by atoms with Gasteiger partial charge < -0.3 is 10.2 Å². The topological polar surface area (TPSA) is 45.2 Å². The largest absolute Gasteiger partial charge is 0.324 e. The summed E-state index contributed by atoms with van der Waals surface area (Å²) in [6, 6.07) is 7.95. The quantitative estimate of drug-likeness (QED) is 0.834. The number of nitrogens with zero attached hydrogens (tertiary/aromatic N) is 2. The number of urea groups is 1. The molecule has 0 saturated carbocycles. The van der Waals surface area contributed by atoms with Crippen LogP contribution in [-0.4, -0.2) is 29.0 Å². The minimum absolute atomic E-state index is 0.132. The second-order valence-corrected chi connectivity index (χ2v) is 6.63. The van der Waals surface area contributed by atoms with Crippen molar-refractivity contribution in [3.8, 4) is 0 Å². The van der Waals surface area contributed by atoms with Gasteiger partial charge in [0.15, 0.2) is 0 Å². The summed E-state index contributed by atoms with van der Waals surface area (Å²) in [5.41, 5.74) is 2.61. The van der Waals surface area contributed by atoms with Gasteiger partial charge in [-0.05, 0) is 48.2 Å². The van der Waals surface area contributed by atoms with Gasteiger partial charge in [0.1, 0.15) is 5.82 Å². The summed E-state index contributed by atoms with van der Waals surface area (Å²) in [6.45, 7) is 3.29. The molecule has 1 saturated heterocycles. The van der Waals surface area contributed by atoms with Crippen molar-refractivity contribution in [1.82, 2.24) is 9.88 Å². The molecule has 2 heterocycles. The zero-order valence-corrected chi connectivity index (χ0v) is 14.6. The van der Waals surface area contributed by atoms with E-state index < -0.39 is 0 Å². The number of halogens is 2. The van der Waals surface area contributed by atoms with Crippen LogP contribution in [0.2, 0.25) is 5.02 Å². The molecule has 1 fully saturated rings. The number of amides is 2. The first-order valence-electron chi connectivity index (χ1n) is 8.14.